The molecule has 0 aliphatic carbocycles. The Labute approximate surface area is 104 Å². The minimum absolute atomic E-state index is 0.0120. The lowest BCUT2D eigenvalue weighted by Gasteiger charge is -2.03. The number of hydrogen-bond acceptors (Lipinski definition) is 3. The number of carboxylic acid groups (broad SMARTS) is 2. The molecule has 0 aliphatic heterocycles. The summed E-state index contributed by atoms with van der Waals surface area (Å²) in [5.74, 6) is -1.52. The van der Waals surface area contributed by atoms with E-state index in [1.807, 2.05) is 0 Å². The molecule has 0 aliphatic rings. The van der Waals surface area contributed by atoms with Crippen LogP contribution in [0.25, 0.3) is 6.08 Å². The SMILES string of the molecule is COc1cccc(C=C(CCC(=O)O)C(=O)O)c1. The summed E-state index contributed by atoms with van der Waals surface area (Å²) in [6.45, 7) is 0. The maximum Gasteiger partial charge on any atom is 0.331 e. The first-order valence-corrected chi connectivity index (χ1v) is 5.32. The average Bonchev–Trinajstić information content (AvgIpc) is 2.34. The molecular weight excluding hydrogens is 236 g/mol. The standard InChI is InChI=1S/C13H14O5/c1-18-11-4-2-3-9(8-11)7-10(13(16)17)5-6-12(14)15/h2-4,7-8H,5-6H2,1H3,(H,14,15)(H,16,17). The Bertz CT molecular complexity index is 476. The second kappa shape index (κ2) is 6.44. The molecule has 0 heterocycles. The molecule has 96 valence electrons. The van der Waals surface area contributed by atoms with E-state index in [1.165, 1.54) is 13.2 Å². The minimum atomic E-state index is -1.11. The molecule has 0 saturated carbocycles. The molecule has 1 rings (SSSR count). The van der Waals surface area contributed by atoms with Crippen LogP contribution in [0.5, 0.6) is 5.75 Å². The van der Waals surface area contributed by atoms with E-state index >= 15 is 0 Å². The zero-order chi connectivity index (χ0) is 13.5. The predicted octanol–water partition coefficient (Wildman–Crippen LogP) is 2.03. The highest BCUT2D eigenvalue weighted by Gasteiger charge is 2.09. The van der Waals surface area contributed by atoms with Crippen LogP contribution >= 0.6 is 0 Å². The normalized spacial score (nSPS) is 11.1. The second-order valence-corrected chi connectivity index (χ2v) is 3.65. The number of carboxylic acids is 2. The predicted molar refractivity (Wildman–Crippen MR) is 65.5 cm³/mol. The molecule has 2 N–H and O–H groups in total. The molecule has 0 bridgehead atoms. The third-order valence-corrected chi connectivity index (χ3v) is 2.32. The van der Waals surface area contributed by atoms with Crippen LogP contribution in [0.3, 0.4) is 0 Å². The molecule has 5 nitrogen and oxygen atoms in total. The highest BCUT2D eigenvalue weighted by Crippen LogP contribution is 2.17. The summed E-state index contributed by atoms with van der Waals surface area (Å²) in [7, 11) is 1.52. The lowest BCUT2D eigenvalue weighted by atomic mass is 10.1. The topological polar surface area (TPSA) is 83.8 Å². The summed E-state index contributed by atoms with van der Waals surface area (Å²) in [5.41, 5.74) is 0.725. The number of hydrogen-bond donors (Lipinski definition) is 2. The number of aliphatic carboxylic acids is 2. The van der Waals surface area contributed by atoms with Crippen LogP contribution in [-0.4, -0.2) is 29.3 Å². The van der Waals surface area contributed by atoms with Gasteiger partial charge in [-0.2, -0.15) is 0 Å². The Morgan fingerprint density at radius 3 is 2.56 bits per heavy atom. The zero-order valence-corrected chi connectivity index (χ0v) is 9.92. The van der Waals surface area contributed by atoms with E-state index in [4.69, 9.17) is 14.9 Å². The van der Waals surface area contributed by atoms with Gasteiger partial charge in [0.05, 0.1) is 7.11 Å². The van der Waals surface area contributed by atoms with Gasteiger partial charge in [-0.25, -0.2) is 4.79 Å². The monoisotopic (exact) mass is 250 g/mol. The van der Waals surface area contributed by atoms with Crippen LogP contribution in [0.4, 0.5) is 0 Å². The molecule has 0 saturated heterocycles. The zero-order valence-electron chi connectivity index (χ0n) is 9.92. The van der Waals surface area contributed by atoms with Crippen molar-refractivity contribution >= 4 is 18.0 Å². The van der Waals surface area contributed by atoms with Crippen molar-refractivity contribution in [2.24, 2.45) is 0 Å². The second-order valence-electron chi connectivity index (χ2n) is 3.65. The smallest absolute Gasteiger partial charge is 0.331 e. The van der Waals surface area contributed by atoms with Crippen molar-refractivity contribution < 1.29 is 24.5 Å². The van der Waals surface area contributed by atoms with E-state index in [0.29, 0.717) is 11.3 Å². The summed E-state index contributed by atoms with van der Waals surface area (Å²) >= 11 is 0. The summed E-state index contributed by atoms with van der Waals surface area (Å²) in [5, 5.41) is 17.5. The van der Waals surface area contributed by atoms with E-state index in [2.05, 4.69) is 0 Å². The van der Waals surface area contributed by atoms with Gasteiger partial charge < -0.3 is 14.9 Å². The molecular formula is C13H14O5. The van der Waals surface area contributed by atoms with Gasteiger partial charge in [0.15, 0.2) is 0 Å². The summed E-state index contributed by atoms with van der Waals surface area (Å²) < 4.78 is 5.02. The summed E-state index contributed by atoms with van der Waals surface area (Å²) in [4.78, 5) is 21.4. The van der Waals surface area contributed by atoms with E-state index < -0.39 is 11.9 Å². The van der Waals surface area contributed by atoms with Crippen LogP contribution in [0.15, 0.2) is 29.8 Å². The van der Waals surface area contributed by atoms with Gasteiger partial charge in [0.2, 0.25) is 0 Å². The molecule has 0 aromatic heterocycles. The van der Waals surface area contributed by atoms with Crippen molar-refractivity contribution in [3.8, 4) is 5.75 Å². The van der Waals surface area contributed by atoms with Gasteiger partial charge in [-0.15, -0.1) is 0 Å². The molecule has 1 aromatic rings. The molecule has 0 radical (unpaired) electrons. The number of methoxy groups -OCH3 is 1. The molecule has 0 unspecified atom stereocenters. The Balaban J connectivity index is 2.92. The highest BCUT2D eigenvalue weighted by atomic mass is 16.5. The van der Waals surface area contributed by atoms with Crippen molar-refractivity contribution in [1.82, 2.24) is 0 Å². The number of carbonyl (C=O) groups is 2. The maximum absolute atomic E-state index is 11.0. The van der Waals surface area contributed by atoms with Gasteiger partial charge in [-0.1, -0.05) is 12.1 Å². The number of ether oxygens (including phenoxy) is 1. The summed E-state index contributed by atoms with van der Waals surface area (Å²) in [6, 6.07) is 6.90. The molecule has 0 atom stereocenters. The fourth-order valence-corrected chi connectivity index (χ4v) is 1.41. The molecule has 18 heavy (non-hydrogen) atoms. The Morgan fingerprint density at radius 1 is 1.28 bits per heavy atom. The Hall–Kier alpha value is -2.30. The van der Waals surface area contributed by atoms with E-state index in [-0.39, 0.29) is 18.4 Å². The maximum atomic E-state index is 11.0. The third-order valence-electron chi connectivity index (χ3n) is 2.32. The first-order chi connectivity index (χ1) is 8.52. The molecule has 0 fully saturated rings. The highest BCUT2D eigenvalue weighted by molar-refractivity contribution is 5.92. The van der Waals surface area contributed by atoms with Crippen LogP contribution in [0.2, 0.25) is 0 Å². The minimum Gasteiger partial charge on any atom is -0.497 e. The first kappa shape index (κ1) is 13.8. The number of benzene rings is 1. The average molecular weight is 250 g/mol. The van der Waals surface area contributed by atoms with Crippen molar-refractivity contribution in [1.29, 1.82) is 0 Å². The molecule has 0 spiro atoms. The van der Waals surface area contributed by atoms with Crippen LogP contribution in [0.1, 0.15) is 18.4 Å². The van der Waals surface area contributed by atoms with Gasteiger partial charge in [-0.05, 0) is 30.2 Å². The van der Waals surface area contributed by atoms with Crippen LogP contribution < -0.4 is 4.74 Å². The lowest BCUT2D eigenvalue weighted by Crippen LogP contribution is -2.04. The summed E-state index contributed by atoms with van der Waals surface area (Å²) in [6.07, 6.45) is 1.23. The van der Waals surface area contributed by atoms with Crippen molar-refractivity contribution in [3.05, 3.63) is 35.4 Å². The van der Waals surface area contributed by atoms with E-state index in [0.717, 1.165) is 0 Å². The Kier molecular flexibility index (Phi) is 4.92. The van der Waals surface area contributed by atoms with Gasteiger partial charge in [0.25, 0.3) is 0 Å². The third kappa shape index (κ3) is 4.29. The van der Waals surface area contributed by atoms with Crippen molar-refractivity contribution in [2.75, 3.05) is 7.11 Å². The van der Waals surface area contributed by atoms with Gasteiger partial charge in [-0.3, -0.25) is 4.79 Å². The largest absolute Gasteiger partial charge is 0.497 e. The number of rotatable bonds is 6. The lowest BCUT2D eigenvalue weighted by molar-refractivity contribution is -0.137. The van der Waals surface area contributed by atoms with Crippen molar-refractivity contribution in [2.45, 2.75) is 12.8 Å². The van der Waals surface area contributed by atoms with Gasteiger partial charge in [0.1, 0.15) is 5.75 Å². The molecule has 1 aromatic carbocycles. The van der Waals surface area contributed by atoms with Gasteiger partial charge in [0, 0.05) is 12.0 Å². The van der Waals surface area contributed by atoms with E-state index in [9.17, 15) is 9.59 Å². The molecule has 5 heteroatoms. The quantitative estimate of drug-likeness (QED) is 0.755. The fourth-order valence-electron chi connectivity index (χ4n) is 1.41. The molecule has 0 amide bonds. The van der Waals surface area contributed by atoms with Crippen LogP contribution in [0, 0.1) is 0 Å². The van der Waals surface area contributed by atoms with Gasteiger partial charge >= 0.3 is 11.9 Å². The van der Waals surface area contributed by atoms with Crippen LogP contribution in [-0.2, 0) is 9.59 Å². The Morgan fingerprint density at radius 2 is 2.00 bits per heavy atom. The fraction of sp³-hybridized carbons (Fsp3) is 0.231. The van der Waals surface area contributed by atoms with Crippen molar-refractivity contribution in [3.63, 3.8) is 0 Å². The van der Waals surface area contributed by atoms with E-state index in [1.54, 1.807) is 24.3 Å². The first-order valence-electron chi connectivity index (χ1n) is 5.32.